The number of halogens is 1. The summed E-state index contributed by atoms with van der Waals surface area (Å²) in [5.74, 6) is 0.675. The van der Waals surface area contributed by atoms with Crippen molar-refractivity contribution in [1.29, 1.82) is 0 Å². The van der Waals surface area contributed by atoms with Crippen LogP contribution in [-0.4, -0.2) is 16.5 Å². The molecule has 100 valence electrons. The molecule has 0 radical (unpaired) electrons. The largest absolute Gasteiger partial charge is 0.351 e. The zero-order chi connectivity index (χ0) is 13.8. The Balaban J connectivity index is 2.33. The standard InChI is InChI=1S/C14H16BrN3O/c1-3-18(8-11-7-5-4-6-10(11)2)13-12(15)14(19)17-9-16-13/h4-7,9H,3,8H2,1-2H3,(H,16,17,19). The molecule has 0 fully saturated rings. The summed E-state index contributed by atoms with van der Waals surface area (Å²) >= 11 is 3.31. The summed E-state index contributed by atoms with van der Waals surface area (Å²) < 4.78 is 0.477. The van der Waals surface area contributed by atoms with E-state index in [-0.39, 0.29) is 5.56 Å². The van der Waals surface area contributed by atoms with Gasteiger partial charge in [-0.15, -0.1) is 0 Å². The predicted molar refractivity (Wildman–Crippen MR) is 80.5 cm³/mol. The van der Waals surface area contributed by atoms with Crippen LogP contribution in [0.15, 0.2) is 39.9 Å². The molecule has 5 heteroatoms. The molecule has 0 aliphatic carbocycles. The van der Waals surface area contributed by atoms with Crippen LogP contribution in [0, 0.1) is 6.92 Å². The molecule has 2 aromatic rings. The summed E-state index contributed by atoms with van der Waals surface area (Å²) in [5, 5.41) is 0. The second kappa shape index (κ2) is 6.02. The van der Waals surface area contributed by atoms with Crippen LogP contribution in [0.3, 0.4) is 0 Å². The van der Waals surface area contributed by atoms with E-state index < -0.39 is 0 Å². The Morgan fingerprint density at radius 3 is 2.79 bits per heavy atom. The lowest BCUT2D eigenvalue weighted by Gasteiger charge is -2.23. The first-order valence-electron chi connectivity index (χ1n) is 6.16. The van der Waals surface area contributed by atoms with Crippen LogP contribution in [0.2, 0.25) is 0 Å². The Labute approximate surface area is 120 Å². The molecule has 19 heavy (non-hydrogen) atoms. The second-order valence-corrected chi connectivity index (χ2v) is 5.10. The van der Waals surface area contributed by atoms with Gasteiger partial charge in [0.1, 0.15) is 4.47 Å². The molecule has 0 amide bonds. The molecular formula is C14H16BrN3O. The van der Waals surface area contributed by atoms with Crippen LogP contribution in [0.4, 0.5) is 5.82 Å². The first-order chi connectivity index (χ1) is 9.13. The highest BCUT2D eigenvalue weighted by molar-refractivity contribution is 9.10. The zero-order valence-corrected chi connectivity index (χ0v) is 12.6. The van der Waals surface area contributed by atoms with Gasteiger partial charge in [-0.2, -0.15) is 0 Å². The van der Waals surface area contributed by atoms with Gasteiger partial charge in [0.05, 0.1) is 6.33 Å². The lowest BCUT2D eigenvalue weighted by Crippen LogP contribution is -2.26. The number of nitrogens with one attached hydrogen (secondary N) is 1. The third-order valence-electron chi connectivity index (χ3n) is 3.08. The fraction of sp³-hybridized carbons (Fsp3) is 0.286. The Bertz CT molecular complexity index is 624. The van der Waals surface area contributed by atoms with E-state index in [1.165, 1.54) is 17.5 Å². The van der Waals surface area contributed by atoms with Gasteiger partial charge in [-0.1, -0.05) is 24.3 Å². The van der Waals surface area contributed by atoms with E-state index >= 15 is 0 Å². The zero-order valence-electron chi connectivity index (χ0n) is 11.0. The maximum Gasteiger partial charge on any atom is 0.267 e. The van der Waals surface area contributed by atoms with E-state index in [1.807, 2.05) is 19.1 Å². The number of benzene rings is 1. The van der Waals surface area contributed by atoms with Gasteiger partial charge in [0.2, 0.25) is 0 Å². The van der Waals surface area contributed by atoms with Gasteiger partial charge in [-0.25, -0.2) is 4.98 Å². The van der Waals surface area contributed by atoms with Crippen molar-refractivity contribution in [2.75, 3.05) is 11.4 Å². The minimum Gasteiger partial charge on any atom is -0.351 e. The molecule has 1 aromatic carbocycles. The van der Waals surface area contributed by atoms with Gasteiger partial charge in [0.25, 0.3) is 5.56 Å². The fourth-order valence-corrected chi connectivity index (χ4v) is 2.39. The lowest BCUT2D eigenvalue weighted by molar-refractivity contribution is 0.800. The van der Waals surface area contributed by atoms with Crippen molar-refractivity contribution in [3.05, 3.63) is 56.5 Å². The number of nitrogens with zero attached hydrogens (tertiary/aromatic N) is 2. The molecule has 1 aromatic heterocycles. The smallest absolute Gasteiger partial charge is 0.267 e. The minimum absolute atomic E-state index is 0.159. The molecule has 1 N–H and O–H groups in total. The van der Waals surface area contributed by atoms with Gasteiger partial charge in [0.15, 0.2) is 5.82 Å². The molecule has 0 bridgehead atoms. The van der Waals surface area contributed by atoms with Gasteiger partial charge >= 0.3 is 0 Å². The van der Waals surface area contributed by atoms with Crippen LogP contribution in [0.1, 0.15) is 18.1 Å². The number of hydrogen-bond donors (Lipinski definition) is 1. The van der Waals surface area contributed by atoms with E-state index in [0.29, 0.717) is 10.3 Å². The summed E-state index contributed by atoms with van der Waals surface area (Å²) in [5.41, 5.74) is 2.31. The Hall–Kier alpha value is -1.62. The molecule has 0 atom stereocenters. The molecule has 0 aliphatic rings. The van der Waals surface area contributed by atoms with Crippen molar-refractivity contribution in [2.24, 2.45) is 0 Å². The van der Waals surface area contributed by atoms with Gasteiger partial charge < -0.3 is 9.88 Å². The molecule has 0 unspecified atom stereocenters. The number of aryl methyl sites for hydroxylation is 1. The van der Waals surface area contributed by atoms with E-state index in [2.05, 4.69) is 49.9 Å². The van der Waals surface area contributed by atoms with Crippen molar-refractivity contribution in [3.63, 3.8) is 0 Å². The monoisotopic (exact) mass is 321 g/mol. The van der Waals surface area contributed by atoms with Gasteiger partial charge in [-0.3, -0.25) is 4.79 Å². The summed E-state index contributed by atoms with van der Waals surface area (Å²) in [6, 6.07) is 8.23. The first kappa shape index (κ1) is 13.8. The van der Waals surface area contributed by atoms with Crippen molar-refractivity contribution in [2.45, 2.75) is 20.4 Å². The normalized spacial score (nSPS) is 10.5. The minimum atomic E-state index is -0.159. The van der Waals surface area contributed by atoms with E-state index in [9.17, 15) is 4.79 Å². The topological polar surface area (TPSA) is 49.0 Å². The van der Waals surface area contributed by atoms with E-state index in [4.69, 9.17) is 0 Å². The maximum absolute atomic E-state index is 11.6. The van der Waals surface area contributed by atoms with Crippen LogP contribution < -0.4 is 10.5 Å². The lowest BCUT2D eigenvalue weighted by atomic mass is 10.1. The molecule has 0 saturated carbocycles. The quantitative estimate of drug-likeness (QED) is 0.942. The molecule has 0 aliphatic heterocycles. The number of aromatic amines is 1. The third kappa shape index (κ3) is 3.04. The Kier molecular flexibility index (Phi) is 4.37. The summed E-state index contributed by atoms with van der Waals surface area (Å²) in [6.45, 7) is 5.65. The molecule has 4 nitrogen and oxygen atoms in total. The number of anilines is 1. The van der Waals surface area contributed by atoms with Gasteiger partial charge in [0, 0.05) is 13.1 Å². The first-order valence-corrected chi connectivity index (χ1v) is 6.95. The van der Waals surface area contributed by atoms with Crippen molar-refractivity contribution in [1.82, 2.24) is 9.97 Å². The van der Waals surface area contributed by atoms with Crippen LogP contribution in [-0.2, 0) is 6.54 Å². The van der Waals surface area contributed by atoms with Crippen LogP contribution in [0.5, 0.6) is 0 Å². The average molecular weight is 322 g/mol. The van der Waals surface area contributed by atoms with E-state index in [0.717, 1.165) is 13.1 Å². The number of rotatable bonds is 4. The Morgan fingerprint density at radius 2 is 2.11 bits per heavy atom. The molecule has 1 heterocycles. The highest BCUT2D eigenvalue weighted by Crippen LogP contribution is 2.21. The highest BCUT2D eigenvalue weighted by Gasteiger charge is 2.13. The van der Waals surface area contributed by atoms with E-state index in [1.54, 1.807) is 0 Å². The molecule has 0 spiro atoms. The van der Waals surface area contributed by atoms with Gasteiger partial charge in [-0.05, 0) is 40.9 Å². The van der Waals surface area contributed by atoms with Crippen molar-refractivity contribution in [3.8, 4) is 0 Å². The predicted octanol–water partition coefficient (Wildman–Crippen LogP) is 2.87. The number of hydrogen-bond acceptors (Lipinski definition) is 3. The van der Waals surface area contributed by atoms with Crippen LogP contribution in [0.25, 0.3) is 0 Å². The summed E-state index contributed by atoms with van der Waals surface area (Å²) in [4.78, 5) is 20.5. The highest BCUT2D eigenvalue weighted by atomic mass is 79.9. The maximum atomic E-state index is 11.6. The van der Waals surface area contributed by atoms with Crippen molar-refractivity contribution < 1.29 is 0 Å². The SMILES string of the molecule is CCN(Cc1ccccc1C)c1nc[nH]c(=O)c1Br. The number of H-pyrrole nitrogens is 1. The third-order valence-corrected chi connectivity index (χ3v) is 3.80. The number of aromatic nitrogens is 2. The average Bonchev–Trinajstić information content (AvgIpc) is 2.41. The summed E-state index contributed by atoms with van der Waals surface area (Å²) in [7, 11) is 0. The molecular weight excluding hydrogens is 306 g/mol. The Morgan fingerprint density at radius 1 is 1.37 bits per heavy atom. The molecule has 0 saturated heterocycles. The second-order valence-electron chi connectivity index (χ2n) is 4.31. The summed E-state index contributed by atoms with van der Waals surface area (Å²) in [6.07, 6.45) is 1.43. The fourth-order valence-electron chi connectivity index (χ4n) is 1.92. The van der Waals surface area contributed by atoms with Crippen LogP contribution >= 0.6 is 15.9 Å². The van der Waals surface area contributed by atoms with Crippen molar-refractivity contribution >= 4 is 21.7 Å². The molecule has 2 rings (SSSR count).